The van der Waals surface area contributed by atoms with Crippen LogP contribution in [0, 0.1) is 11.8 Å². The summed E-state index contributed by atoms with van der Waals surface area (Å²) in [6.07, 6.45) is 13.4. The Labute approximate surface area is 146 Å². The van der Waals surface area contributed by atoms with E-state index in [0.717, 1.165) is 24.3 Å². The standard InChI is InChI=1S/C21H29NO2/c1-16(2)20(21-10-11-22(4)15-24-21)13-17(3)12-18-6-5-7-19(14-23)9-8-18/h5-6,8-10,13,16,20,23H,11-12,14-15H2,1-4H3. The van der Waals surface area contributed by atoms with Crippen LogP contribution < -0.4 is 0 Å². The van der Waals surface area contributed by atoms with Crippen LogP contribution in [0.1, 0.15) is 27.2 Å². The SMILES string of the molecule is CC(=CC(C1=CCN(C)CO1)C(C)C)CC1=CC=C=C(CO)C=C1. The second-order valence-electron chi connectivity index (χ2n) is 6.95. The molecule has 3 heteroatoms. The quantitative estimate of drug-likeness (QED) is 0.592. The van der Waals surface area contributed by atoms with E-state index in [0.29, 0.717) is 18.6 Å². The molecule has 0 fully saturated rings. The minimum absolute atomic E-state index is 0.0261. The Kier molecular flexibility index (Phi) is 6.86. The Hall–Kier alpha value is -1.80. The van der Waals surface area contributed by atoms with E-state index >= 15 is 0 Å². The highest BCUT2D eigenvalue weighted by molar-refractivity contribution is 5.36. The van der Waals surface area contributed by atoms with Gasteiger partial charge in [-0.2, -0.15) is 0 Å². The van der Waals surface area contributed by atoms with Crippen LogP contribution in [0.3, 0.4) is 0 Å². The van der Waals surface area contributed by atoms with Gasteiger partial charge in [-0.05, 0) is 50.1 Å². The summed E-state index contributed by atoms with van der Waals surface area (Å²) in [7, 11) is 2.06. The third kappa shape index (κ3) is 5.38. The van der Waals surface area contributed by atoms with Gasteiger partial charge in [-0.15, -0.1) is 5.73 Å². The Morgan fingerprint density at radius 3 is 2.83 bits per heavy atom. The first-order chi connectivity index (χ1) is 11.5. The van der Waals surface area contributed by atoms with Crippen LogP contribution in [-0.4, -0.2) is 36.9 Å². The Morgan fingerprint density at radius 1 is 1.42 bits per heavy atom. The summed E-state index contributed by atoms with van der Waals surface area (Å²) in [5.74, 6) is 1.91. The molecule has 1 aliphatic heterocycles. The van der Waals surface area contributed by atoms with Crippen LogP contribution in [-0.2, 0) is 4.74 Å². The zero-order chi connectivity index (χ0) is 17.5. The Balaban J connectivity index is 2.08. The minimum Gasteiger partial charge on any atom is -0.482 e. The molecule has 0 aromatic rings. The highest BCUT2D eigenvalue weighted by atomic mass is 16.5. The van der Waals surface area contributed by atoms with Gasteiger partial charge in [0.2, 0.25) is 0 Å². The molecule has 3 nitrogen and oxygen atoms in total. The van der Waals surface area contributed by atoms with Gasteiger partial charge in [0.25, 0.3) is 0 Å². The Bertz CT molecular complexity index is 628. The molecule has 2 aliphatic rings. The molecule has 0 saturated heterocycles. The van der Waals surface area contributed by atoms with Crippen molar-refractivity contribution in [2.24, 2.45) is 11.8 Å². The molecule has 0 spiro atoms. The van der Waals surface area contributed by atoms with E-state index in [1.807, 2.05) is 12.2 Å². The molecule has 1 atom stereocenters. The average Bonchev–Trinajstić information content (AvgIpc) is 2.78. The first-order valence-electron chi connectivity index (χ1n) is 8.62. The molecular weight excluding hydrogens is 298 g/mol. The fourth-order valence-electron chi connectivity index (χ4n) is 2.85. The van der Waals surface area contributed by atoms with E-state index in [1.54, 1.807) is 0 Å². The van der Waals surface area contributed by atoms with Gasteiger partial charge < -0.3 is 9.84 Å². The van der Waals surface area contributed by atoms with Gasteiger partial charge in [-0.25, -0.2) is 0 Å². The molecule has 2 rings (SSSR count). The van der Waals surface area contributed by atoms with Crippen LogP contribution in [0.2, 0.25) is 0 Å². The monoisotopic (exact) mass is 327 g/mol. The van der Waals surface area contributed by atoms with E-state index < -0.39 is 0 Å². The van der Waals surface area contributed by atoms with Crippen LogP contribution >= 0.6 is 0 Å². The maximum atomic E-state index is 9.20. The van der Waals surface area contributed by atoms with E-state index in [4.69, 9.17) is 4.74 Å². The average molecular weight is 327 g/mol. The van der Waals surface area contributed by atoms with E-state index in [1.165, 1.54) is 11.1 Å². The second-order valence-corrected chi connectivity index (χ2v) is 6.95. The summed E-state index contributed by atoms with van der Waals surface area (Å²) in [6.45, 7) is 8.28. The molecule has 1 unspecified atom stereocenters. The Morgan fingerprint density at radius 2 is 2.21 bits per heavy atom. The van der Waals surface area contributed by atoms with Gasteiger partial charge in [-0.3, -0.25) is 4.90 Å². The van der Waals surface area contributed by atoms with E-state index in [2.05, 4.69) is 62.8 Å². The summed E-state index contributed by atoms with van der Waals surface area (Å²) in [5, 5.41) is 9.20. The minimum atomic E-state index is 0.0261. The van der Waals surface area contributed by atoms with E-state index in [-0.39, 0.29) is 6.61 Å². The van der Waals surface area contributed by atoms with Crippen LogP contribution in [0.4, 0.5) is 0 Å². The van der Waals surface area contributed by atoms with Crippen molar-refractivity contribution < 1.29 is 9.84 Å². The summed E-state index contributed by atoms with van der Waals surface area (Å²) in [5.41, 5.74) is 6.44. The zero-order valence-corrected chi connectivity index (χ0v) is 15.2. The first kappa shape index (κ1) is 18.5. The van der Waals surface area contributed by atoms with Crippen molar-refractivity contribution in [1.29, 1.82) is 0 Å². The molecule has 1 heterocycles. The largest absolute Gasteiger partial charge is 0.482 e. The van der Waals surface area contributed by atoms with Crippen molar-refractivity contribution in [3.63, 3.8) is 0 Å². The molecule has 130 valence electrons. The third-order valence-electron chi connectivity index (χ3n) is 4.28. The topological polar surface area (TPSA) is 32.7 Å². The fraction of sp³-hybridized carbons (Fsp3) is 0.476. The number of allylic oxidation sites excluding steroid dienone is 5. The number of hydrogen-bond donors (Lipinski definition) is 1. The van der Waals surface area contributed by atoms with Crippen LogP contribution in [0.5, 0.6) is 0 Å². The van der Waals surface area contributed by atoms with Gasteiger partial charge in [0, 0.05) is 18.0 Å². The normalized spacial score (nSPS) is 20.2. The highest BCUT2D eigenvalue weighted by Gasteiger charge is 2.20. The summed E-state index contributed by atoms with van der Waals surface area (Å²) in [4.78, 5) is 2.15. The molecule has 1 N–H and O–H groups in total. The molecule has 24 heavy (non-hydrogen) atoms. The molecule has 0 aromatic heterocycles. The van der Waals surface area contributed by atoms with Gasteiger partial charge in [0.1, 0.15) is 12.5 Å². The lowest BCUT2D eigenvalue weighted by molar-refractivity contribution is 0.0621. The predicted octanol–water partition coefficient (Wildman–Crippen LogP) is 3.97. The van der Waals surface area contributed by atoms with Crippen molar-refractivity contribution in [1.82, 2.24) is 4.90 Å². The van der Waals surface area contributed by atoms with Crippen LogP contribution in [0.25, 0.3) is 0 Å². The van der Waals surface area contributed by atoms with Crippen molar-refractivity contribution in [2.45, 2.75) is 27.2 Å². The van der Waals surface area contributed by atoms with E-state index in [9.17, 15) is 5.11 Å². The maximum absolute atomic E-state index is 9.20. The lowest BCUT2D eigenvalue weighted by Gasteiger charge is -2.29. The predicted molar refractivity (Wildman–Crippen MR) is 99.3 cm³/mol. The van der Waals surface area contributed by atoms with Crippen molar-refractivity contribution >= 4 is 0 Å². The smallest absolute Gasteiger partial charge is 0.141 e. The highest BCUT2D eigenvalue weighted by Crippen LogP contribution is 2.28. The van der Waals surface area contributed by atoms with Gasteiger partial charge in [0.15, 0.2) is 0 Å². The van der Waals surface area contributed by atoms with Gasteiger partial charge in [0.05, 0.1) is 6.61 Å². The lowest BCUT2D eigenvalue weighted by Crippen LogP contribution is -2.29. The zero-order valence-electron chi connectivity index (χ0n) is 15.2. The molecule has 0 aromatic carbocycles. The number of likely N-dealkylation sites (N-methyl/N-ethyl adjacent to an activating group) is 1. The number of rotatable bonds is 6. The number of nitrogens with zero attached hydrogens (tertiary/aromatic N) is 1. The molecule has 0 amide bonds. The van der Waals surface area contributed by atoms with Crippen LogP contribution in [0.15, 0.2) is 64.7 Å². The first-order valence-corrected chi connectivity index (χ1v) is 8.62. The van der Waals surface area contributed by atoms with Gasteiger partial charge in [-0.1, -0.05) is 37.6 Å². The molecule has 1 aliphatic carbocycles. The summed E-state index contributed by atoms with van der Waals surface area (Å²) >= 11 is 0. The lowest BCUT2D eigenvalue weighted by atomic mass is 9.89. The van der Waals surface area contributed by atoms with Crippen molar-refractivity contribution in [3.8, 4) is 0 Å². The summed E-state index contributed by atoms with van der Waals surface area (Å²) in [6, 6.07) is 0. The number of aliphatic hydroxyl groups is 1. The summed E-state index contributed by atoms with van der Waals surface area (Å²) < 4.78 is 5.92. The van der Waals surface area contributed by atoms with Crippen molar-refractivity contribution in [2.75, 3.05) is 26.9 Å². The van der Waals surface area contributed by atoms with Gasteiger partial charge >= 0.3 is 0 Å². The molecule has 0 radical (unpaired) electrons. The number of ether oxygens (including phenoxy) is 1. The molecular formula is C21H29NO2. The number of hydrogen-bond acceptors (Lipinski definition) is 3. The molecule has 0 bridgehead atoms. The van der Waals surface area contributed by atoms with Crippen molar-refractivity contribution in [3.05, 3.63) is 64.7 Å². The number of aliphatic hydroxyl groups excluding tert-OH is 1. The maximum Gasteiger partial charge on any atom is 0.141 e. The third-order valence-corrected chi connectivity index (χ3v) is 4.28. The second kappa shape index (κ2) is 8.89. The molecule has 0 saturated carbocycles. The fourth-order valence-corrected chi connectivity index (χ4v) is 2.85.